The number of hydrogen-bond donors (Lipinski definition) is 0. The van der Waals surface area contributed by atoms with E-state index in [1.165, 1.54) is 51.4 Å². The van der Waals surface area contributed by atoms with Gasteiger partial charge in [0.05, 0.1) is 6.61 Å². The third kappa shape index (κ3) is 39.6. The number of carbonyl (C=O) groups is 2. The molecule has 52 heavy (non-hydrogen) atoms. The fraction of sp³-hybridized carbons (Fsp3) is 0.617. The molecule has 1 unspecified atom stereocenters. The predicted octanol–water partition coefficient (Wildman–Crippen LogP) is 13.5. The molecule has 0 saturated heterocycles. The van der Waals surface area contributed by atoms with Crippen molar-refractivity contribution in [1.29, 1.82) is 0 Å². The summed E-state index contributed by atoms with van der Waals surface area (Å²) in [5, 5.41) is 0. The first-order valence-electron chi connectivity index (χ1n) is 20.8. The topological polar surface area (TPSA) is 61.8 Å². The van der Waals surface area contributed by atoms with E-state index in [9.17, 15) is 9.59 Å². The van der Waals surface area contributed by atoms with Crippen molar-refractivity contribution in [2.75, 3.05) is 19.8 Å². The molecule has 0 saturated carbocycles. The summed E-state index contributed by atoms with van der Waals surface area (Å²) in [4.78, 5) is 25.1. The zero-order chi connectivity index (χ0) is 37.8. The van der Waals surface area contributed by atoms with Gasteiger partial charge in [0, 0.05) is 19.4 Å². The zero-order valence-corrected chi connectivity index (χ0v) is 33.5. The van der Waals surface area contributed by atoms with Crippen LogP contribution >= 0.6 is 0 Å². The van der Waals surface area contributed by atoms with Crippen molar-refractivity contribution >= 4 is 11.9 Å². The molecular weight excluding hydrogens is 645 g/mol. The fourth-order valence-corrected chi connectivity index (χ4v) is 5.12. The molecule has 294 valence electrons. The zero-order valence-electron chi connectivity index (χ0n) is 33.5. The number of ether oxygens (including phenoxy) is 3. The molecule has 5 heteroatoms. The first-order valence-corrected chi connectivity index (χ1v) is 20.8. The van der Waals surface area contributed by atoms with Crippen LogP contribution in [0.4, 0.5) is 0 Å². The second kappa shape index (κ2) is 42.2. The van der Waals surface area contributed by atoms with Gasteiger partial charge in [-0.15, -0.1) is 0 Å². The standard InChI is InChI=1S/C47H76O5/c1-4-7-10-13-16-19-22-24-26-28-31-34-37-40-46(48)51-44-45(43-50-42-39-36-33-30-21-18-15-12-9-6-3)52-47(49)41-38-35-32-29-27-25-23-20-17-14-11-8-5-2/h7-8,10-11,16-17,19-20,24-27,31-32,34-35,45H,4-6,9,12-15,18,21-23,28-30,33,36-44H2,1-3H3/b10-7-,11-8-,19-16-,20-17-,26-24-,27-25-,34-31-,35-32-. The van der Waals surface area contributed by atoms with Crippen molar-refractivity contribution in [3.8, 4) is 0 Å². The molecule has 0 bridgehead atoms. The lowest BCUT2D eigenvalue weighted by molar-refractivity contribution is -0.162. The van der Waals surface area contributed by atoms with Gasteiger partial charge in [-0.25, -0.2) is 0 Å². The summed E-state index contributed by atoms with van der Waals surface area (Å²) in [7, 11) is 0. The number of unbranched alkanes of at least 4 members (excludes halogenated alkanes) is 9. The second-order valence-electron chi connectivity index (χ2n) is 13.1. The van der Waals surface area contributed by atoms with Gasteiger partial charge in [0.15, 0.2) is 6.10 Å². The molecule has 0 aromatic heterocycles. The van der Waals surface area contributed by atoms with Crippen molar-refractivity contribution in [1.82, 2.24) is 0 Å². The van der Waals surface area contributed by atoms with E-state index in [4.69, 9.17) is 14.2 Å². The molecule has 0 aliphatic rings. The van der Waals surface area contributed by atoms with Crippen LogP contribution in [0.3, 0.4) is 0 Å². The number of carbonyl (C=O) groups excluding carboxylic acids is 2. The SMILES string of the molecule is CC/C=C\C/C=C\C/C=C\C/C=C\CCC(=O)OCC(COCCCCCCCCCCCC)OC(=O)CC/C=C\C/C=C\C/C=C\C/C=C\CC. The Bertz CT molecular complexity index is 1040. The third-order valence-corrected chi connectivity index (χ3v) is 8.14. The smallest absolute Gasteiger partial charge is 0.306 e. The molecule has 0 radical (unpaired) electrons. The molecule has 0 fully saturated rings. The highest BCUT2D eigenvalue weighted by molar-refractivity contribution is 5.70. The lowest BCUT2D eigenvalue weighted by atomic mass is 10.1. The molecule has 0 aliphatic carbocycles. The molecular formula is C47H76O5. The highest BCUT2D eigenvalue weighted by atomic mass is 16.6. The Morgan fingerprint density at radius 1 is 0.442 bits per heavy atom. The summed E-state index contributed by atoms with van der Waals surface area (Å²) >= 11 is 0. The van der Waals surface area contributed by atoms with Gasteiger partial charge in [0.2, 0.25) is 0 Å². The molecule has 0 spiro atoms. The molecule has 1 atom stereocenters. The number of esters is 2. The average molecular weight is 721 g/mol. The Morgan fingerprint density at radius 2 is 0.827 bits per heavy atom. The van der Waals surface area contributed by atoms with Crippen molar-refractivity contribution in [2.45, 2.75) is 168 Å². The lowest BCUT2D eigenvalue weighted by Crippen LogP contribution is -2.30. The Balaban J connectivity index is 4.48. The quantitative estimate of drug-likeness (QED) is 0.0366. The van der Waals surface area contributed by atoms with E-state index in [0.29, 0.717) is 25.9 Å². The minimum atomic E-state index is -0.602. The predicted molar refractivity (Wildman–Crippen MR) is 223 cm³/mol. The molecule has 0 aliphatic heterocycles. The highest BCUT2D eigenvalue weighted by Gasteiger charge is 2.17. The summed E-state index contributed by atoms with van der Waals surface area (Å²) in [6.45, 7) is 7.40. The van der Waals surface area contributed by atoms with Gasteiger partial charge in [-0.3, -0.25) is 9.59 Å². The summed E-state index contributed by atoms with van der Waals surface area (Å²) in [6, 6.07) is 0. The Morgan fingerprint density at radius 3 is 1.27 bits per heavy atom. The summed E-state index contributed by atoms with van der Waals surface area (Å²) in [6.07, 6.45) is 55.7. The van der Waals surface area contributed by atoms with Crippen LogP contribution in [-0.4, -0.2) is 37.9 Å². The summed E-state index contributed by atoms with van der Waals surface area (Å²) < 4.78 is 17.1. The molecule has 0 heterocycles. The van der Waals surface area contributed by atoms with Crippen molar-refractivity contribution in [2.24, 2.45) is 0 Å². The monoisotopic (exact) mass is 721 g/mol. The van der Waals surface area contributed by atoms with Crippen LogP contribution in [-0.2, 0) is 23.8 Å². The largest absolute Gasteiger partial charge is 0.462 e. The van der Waals surface area contributed by atoms with Crippen LogP contribution < -0.4 is 0 Å². The van der Waals surface area contributed by atoms with E-state index in [0.717, 1.165) is 64.2 Å². The van der Waals surface area contributed by atoms with Gasteiger partial charge in [-0.05, 0) is 70.6 Å². The van der Waals surface area contributed by atoms with Crippen LogP contribution in [0.5, 0.6) is 0 Å². The van der Waals surface area contributed by atoms with E-state index in [1.807, 2.05) is 12.2 Å². The average Bonchev–Trinajstić information content (AvgIpc) is 3.14. The van der Waals surface area contributed by atoms with Gasteiger partial charge in [0.25, 0.3) is 0 Å². The van der Waals surface area contributed by atoms with E-state index >= 15 is 0 Å². The Hall–Kier alpha value is -3.18. The van der Waals surface area contributed by atoms with Gasteiger partial charge in [0.1, 0.15) is 6.61 Å². The lowest BCUT2D eigenvalue weighted by Gasteiger charge is -2.18. The molecule has 0 aromatic rings. The van der Waals surface area contributed by atoms with Crippen LogP contribution in [0.2, 0.25) is 0 Å². The summed E-state index contributed by atoms with van der Waals surface area (Å²) in [5.41, 5.74) is 0. The molecule has 0 amide bonds. The van der Waals surface area contributed by atoms with Gasteiger partial charge < -0.3 is 14.2 Å². The van der Waals surface area contributed by atoms with Crippen LogP contribution in [0.25, 0.3) is 0 Å². The maximum Gasteiger partial charge on any atom is 0.306 e. The fourth-order valence-electron chi connectivity index (χ4n) is 5.12. The van der Waals surface area contributed by atoms with Crippen molar-refractivity contribution in [3.63, 3.8) is 0 Å². The first kappa shape index (κ1) is 48.8. The first-order chi connectivity index (χ1) is 25.6. The maximum atomic E-state index is 12.6. The van der Waals surface area contributed by atoms with Crippen molar-refractivity contribution < 1.29 is 23.8 Å². The molecule has 0 rings (SSSR count). The Kier molecular flexibility index (Phi) is 39.7. The third-order valence-electron chi connectivity index (χ3n) is 8.14. The van der Waals surface area contributed by atoms with Crippen LogP contribution in [0, 0.1) is 0 Å². The van der Waals surface area contributed by atoms with E-state index in [1.54, 1.807) is 0 Å². The maximum absolute atomic E-state index is 12.6. The highest BCUT2D eigenvalue weighted by Crippen LogP contribution is 2.11. The minimum absolute atomic E-state index is 0.0147. The van der Waals surface area contributed by atoms with Crippen molar-refractivity contribution in [3.05, 3.63) is 97.2 Å². The minimum Gasteiger partial charge on any atom is -0.462 e. The molecule has 0 N–H and O–H groups in total. The normalized spacial score (nSPS) is 13.2. The van der Waals surface area contributed by atoms with Crippen LogP contribution in [0.1, 0.15) is 162 Å². The van der Waals surface area contributed by atoms with E-state index < -0.39 is 6.10 Å². The van der Waals surface area contributed by atoms with Gasteiger partial charge in [-0.1, -0.05) is 176 Å². The molecule has 0 aromatic carbocycles. The van der Waals surface area contributed by atoms with Gasteiger partial charge >= 0.3 is 11.9 Å². The number of rotatable bonds is 36. The molecule has 5 nitrogen and oxygen atoms in total. The Labute approximate surface area is 320 Å². The number of hydrogen-bond acceptors (Lipinski definition) is 5. The van der Waals surface area contributed by atoms with Crippen LogP contribution in [0.15, 0.2) is 97.2 Å². The summed E-state index contributed by atoms with van der Waals surface area (Å²) in [5.74, 6) is -0.594. The van der Waals surface area contributed by atoms with E-state index in [2.05, 4.69) is 106 Å². The van der Waals surface area contributed by atoms with E-state index in [-0.39, 0.29) is 31.6 Å². The second-order valence-corrected chi connectivity index (χ2v) is 13.1. The van der Waals surface area contributed by atoms with Gasteiger partial charge in [-0.2, -0.15) is 0 Å². The number of allylic oxidation sites excluding steroid dienone is 16.